The third-order valence-corrected chi connectivity index (χ3v) is 5.28. The summed E-state index contributed by atoms with van der Waals surface area (Å²) < 4.78 is 15.5. The van der Waals surface area contributed by atoms with Gasteiger partial charge in [0.05, 0.1) is 32.4 Å². The second kappa shape index (κ2) is 9.09. The number of aliphatic hydroxyl groups is 1. The second-order valence-corrected chi connectivity index (χ2v) is 7.10. The summed E-state index contributed by atoms with van der Waals surface area (Å²) >= 11 is 0. The molecule has 31 heavy (non-hydrogen) atoms. The van der Waals surface area contributed by atoms with E-state index in [-0.39, 0.29) is 36.0 Å². The van der Waals surface area contributed by atoms with Crippen LogP contribution in [0.5, 0.6) is 17.2 Å². The number of benzene rings is 2. The van der Waals surface area contributed by atoms with Gasteiger partial charge in [-0.25, -0.2) is 0 Å². The topological polar surface area (TPSA) is 106 Å². The fourth-order valence-corrected chi connectivity index (χ4v) is 3.69. The molecular formula is C23H25NO7. The minimum absolute atomic E-state index is 0.0397. The summed E-state index contributed by atoms with van der Waals surface area (Å²) in [5.74, 6) is -1.09. The van der Waals surface area contributed by atoms with Gasteiger partial charge in [0.1, 0.15) is 11.5 Å². The Hall–Kier alpha value is -3.52. The zero-order chi connectivity index (χ0) is 22.7. The summed E-state index contributed by atoms with van der Waals surface area (Å²) in [5.41, 5.74) is 1.57. The number of aryl methyl sites for hydroxylation is 1. The van der Waals surface area contributed by atoms with Crippen molar-refractivity contribution >= 4 is 17.4 Å². The van der Waals surface area contributed by atoms with Gasteiger partial charge in [-0.3, -0.25) is 9.59 Å². The lowest BCUT2D eigenvalue weighted by Crippen LogP contribution is -2.32. The van der Waals surface area contributed by atoms with Crippen LogP contribution in [0.15, 0.2) is 42.0 Å². The molecule has 164 valence electrons. The first-order chi connectivity index (χ1) is 14.8. The smallest absolute Gasteiger partial charge is 0.295 e. The quantitative estimate of drug-likeness (QED) is 0.398. The molecule has 0 saturated carbocycles. The molecule has 8 heteroatoms. The minimum atomic E-state index is -0.869. The summed E-state index contributed by atoms with van der Waals surface area (Å²) in [4.78, 5) is 27.2. The van der Waals surface area contributed by atoms with E-state index in [0.29, 0.717) is 22.4 Å². The van der Waals surface area contributed by atoms with Gasteiger partial charge in [0.25, 0.3) is 11.7 Å². The Morgan fingerprint density at radius 2 is 1.81 bits per heavy atom. The van der Waals surface area contributed by atoms with Gasteiger partial charge in [-0.1, -0.05) is 6.07 Å². The molecule has 1 aliphatic heterocycles. The number of hydrogen-bond acceptors (Lipinski definition) is 7. The van der Waals surface area contributed by atoms with Crippen LogP contribution in [0.25, 0.3) is 5.76 Å². The molecule has 1 saturated heterocycles. The first kappa shape index (κ1) is 22.2. The van der Waals surface area contributed by atoms with E-state index in [1.807, 2.05) is 0 Å². The van der Waals surface area contributed by atoms with Crippen LogP contribution in [0.3, 0.4) is 0 Å². The van der Waals surface area contributed by atoms with Crippen molar-refractivity contribution in [2.45, 2.75) is 13.0 Å². The molecule has 1 unspecified atom stereocenters. The van der Waals surface area contributed by atoms with Gasteiger partial charge in [0, 0.05) is 19.2 Å². The Labute approximate surface area is 180 Å². The van der Waals surface area contributed by atoms with E-state index in [2.05, 4.69) is 0 Å². The highest BCUT2D eigenvalue weighted by Crippen LogP contribution is 2.42. The van der Waals surface area contributed by atoms with Crippen LogP contribution in [0, 0.1) is 6.92 Å². The molecular weight excluding hydrogens is 402 g/mol. The Bertz CT molecular complexity index is 1040. The fourth-order valence-electron chi connectivity index (χ4n) is 3.69. The lowest BCUT2D eigenvalue weighted by molar-refractivity contribution is -0.140. The molecule has 0 bridgehead atoms. The number of nitrogens with zero attached hydrogens (tertiary/aromatic N) is 1. The summed E-state index contributed by atoms with van der Waals surface area (Å²) in [6.45, 7) is 2.13. The third kappa shape index (κ3) is 4.06. The van der Waals surface area contributed by atoms with Crippen LogP contribution in [-0.4, -0.2) is 61.3 Å². The van der Waals surface area contributed by atoms with Gasteiger partial charge in [-0.05, 0) is 48.4 Å². The van der Waals surface area contributed by atoms with Crippen molar-refractivity contribution in [3.63, 3.8) is 0 Å². The van der Waals surface area contributed by atoms with Crippen LogP contribution in [0.1, 0.15) is 22.7 Å². The lowest BCUT2D eigenvalue weighted by atomic mass is 9.93. The van der Waals surface area contributed by atoms with E-state index < -0.39 is 17.7 Å². The zero-order valence-corrected chi connectivity index (χ0v) is 17.8. The number of likely N-dealkylation sites (tertiary alicyclic amines) is 1. The number of hydrogen-bond donors (Lipinski definition) is 2. The standard InChI is InChI=1S/C23H25NO7/c1-13-11-15(30-3)6-7-16(13)21(26)19-20(14-5-8-17(25)18(12-14)31-4)24(9-10-29-2)23(28)22(19)27/h5-8,11-12,20,25-26H,9-10H2,1-4H3. The van der Waals surface area contributed by atoms with Crippen molar-refractivity contribution in [2.24, 2.45) is 0 Å². The van der Waals surface area contributed by atoms with E-state index in [1.165, 1.54) is 32.3 Å². The van der Waals surface area contributed by atoms with Crippen molar-refractivity contribution in [1.82, 2.24) is 4.90 Å². The molecule has 8 nitrogen and oxygen atoms in total. The Balaban J connectivity index is 2.21. The van der Waals surface area contributed by atoms with Gasteiger partial charge in [0.2, 0.25) is 0 Å². The zero-order valence-electron chi connectivity index (χ0n) is 17.8. The molecule has 2 N–H and O–H groups in total. The number of carbonyl (C=O) groups is 2. The van der Waals surface area contributed by atoms with Gasteiger partial charge in [-0.15, -0.1) is 0 Å². The first-order valence-electron chi connectivity index (χ1n) is 9.63. The number of aromatic hydroxyl groups is 1. The van der Waals surface area contributed by atoms with Gasteiger partial charge in [-0.2, -0.15) is 0 Å². The number of phenolic OH excluding ortho intramolecular Hbond substituents is 1. The van der Waals surface area contributed by atoms with Crippen LogP contribution >= 0.6 is 0 Å². The minimum Gasteiger partial charge on any atom is -0.507 e. The molecule has 0 aromatic heterocycles. The maximum Gasteiger partial charge on any atom is 0.295 e. The highest BCUT2D eigenvalue weighted by atomic mass is 16.5. The predicted octanol–water partition coefficient (Wildman–Crippen LogP) is 2.79. The Morgan fingerprint density at radius 3 is 2.42 bits per heavy atom. The summed E-state index contributed by atoms with van der Waals surface area (Å²) in [6, 6.07) is 8.72. The van der Waals surface area contributed by atoms with Crippen LogP contribution in [0.4, 0.5) is 0 Å². The Kier molecular flexibility index (Phi) is 6.50. The lowest BCUT2D eigenvalue weighted by Gasteiger charge is -2.25. The molecule has 1 amide bonds. The summed E-state index contributed by atoms with van der Waals surface area (Å²) in [5, 5.41) is 21.1. The van der Waals surface area contributed by atoms with Crippen LogP contribution in [-0.2, 0) is 14.3 Å². The third-order valence-electron chi connectivity index (χ3n) is 5.28. The molecule has 3 rings (SSSR count). The molecule has 1 heterocycles. The summed E-state index contributed by atoms with van der Waals surface area (Å²) in [6.07, 6.45) is 0. The fraction of sp³-hybridized carbons (Fsp3) is 0.304. The molecule has 0 radical (unpaired) electrons. The number of phenols is 1. The number of aliphatic hydroxyl groups excluding tert-OH is 1. The maximum absolute atomic E-state index is 13.0. The van der Waals surface area contributed by atoms with Gasteiger partial charge >= 0.3 is 0 Å². The van der Waals surface area contributed by atoms with Crippen molar-refractivity contribution in [1.29, 1.82) is 0 Å². The number of Topliss-reactive ketones (excluding diaryl/α,β-unsaturated/α-hetero) is 1. The van der Waals surface area contributed by atoms with Crippen molar-refractivity contribution < 1.29 is 34.0 Å². The first-order valence-corrected chi connectivity index (χ1v) is 9.63. The average Bonchev–Trinajstić information content (AvgIpc) is 3.02. The van der Waals surface area contributed by atoms with Gasteiger partial charge < -0.3 is 29.3 Å². The van der Waals surface area contributed by atoms with Crippen LogP contribution < -0.4 is 9.47 Å². The average molecular weight is 427 g/mol. The number of amides is 1. The molecule has 0 aliphatic carbocycles. The van der Waals surface area contributed by atoms with E-state index in [9.17, 15) is 19.8 Å². The molecule has 2 aromatic rings. The molecule has 1 aliphatic rings. The van der Waals surface area contributed by atoms with Crippen LogP contribution in [0.2, 0.25) is 0 Å². The molecule has 1 fully saturated rings. The normalized spacial score (nSPS) is 17.8. The molecule has 0 spiro atoms. The van der Waals surface area contributed by atoms with Crippen molar-refractivity contribution in [2.75, 3.05) is 34.5 Å². The number of methoxy groups -OCH3 is 3. The van der Waals surface area contributed by atoms with E-state index in [4.69, 9.17) is 14.2 Å². The predicted molar refractivity (Wildman–Crippen MR) is 113 cm³/mol. The summed E-state index contributed by atoms with van der Waals surface area (Å²) in [7, 11) is 4.44. The maximum atomic E-state index is 13.0. The molecule has 2 aromatic carbocycles. The number of ketones is 1. The number of rotatable bonds is 7. The highest BCUT2D eigenvalue weighted by molar-refractivity contribution is 6.46. The largest absolute Gasteiger partial charge is 0.507 e. The van der Waals surface area contributed by atoms with Gasteiger partial charge in [0.15, 0.2) is 11.5 Å². The Morgan fingerprint density at radius 1 is 1.06 bits per heavy atom. The second-order valence-electron chi connectivity index (χ2n) is 7.10. The van der Waals surface area contributed by atoms with E-state index in [1.54, 1.807) is 37.3 Å². The number of ether oxygens (including phenoxy) is 3. The van der Waals surface area contributed by atoms with E-state index >= 15 is 0 Å². The number of carbonyl (C=O) groups excluding carboxylic acids is 2. The van der Waals surface area contributed by atoms with Crippen molar-refractivity contribution in [3.8, 4) is 17.2 Å². The monoisotopic (exact) mass is 427 g/mol. The van der Waals surface area contributed by atoms with E-state index in [0.717, 1.165) is 0 Å². The SMILES string of the molecule is COCCN1C(=O)C(=O)C(=C(O)c2ccc(OC)cc2C)C1c1ccc(O)c(OC)c1. The molecule has 1 atom stereocenters. The van der Waals surface area contributed by atoms with Crippen molar-refractivity contribution in [3.05, 3.63) is 58.7 Å². The highest BCUT2D eigenvalue weighted by Gasteiger charge is 2.46.